The molecule has 5 rings (SSSR count). The Labute approximate surface area is 332 Å². The fraction of sp³-hybridized carbons (Fsp3) is 0.395. The fourth-order valence-corrected chi connectivity index (χ4v) is 7.04. The van der Waals surface area contributed by atoms with Crippen molar-refractivity contribution in [3.63, 3.8) is 0 Å². The summed E-state index contributed by atoms with van der Waals surface area (Å²) in [6.45, 7) is 4.32. The number of rotatable bonds is 11. The minimum absolute atomic E-state index is 0.0128. The van der Waals surface area contributed by atoms with Gasteiger partial charge in [0.05, 0.1) is 6.04 Å². The Kier molecular flexibility index (Phi) is 15.4. The molecule has 302 valence electrons. The summed E-state index contributed by atoms with van der Waals surface area (Å²) in [5.74, 6) is -3.08. The van der Waals surface area contributed by atoms with E-state index in [-0.39, 0.29) is 69.5 Å². The van der Waals surface area contributed by atoms with Crippen LogP contribution in [0.25, 0.3) is 10.9 Å². The number of hydrogen-bond donors (Lipinski definition) is 8. The summed E-state index contributed by atoms with van der Waals surface area (Å²) in [7, 11) is 0. The highest BCUT2D eigenvalue weighted by Crippen LogP contribution is 2.20. The Morgan fingerprint density at radius 3 is 1.89 bits per heavy atom. The van der Waals surface area contributed by atoms with Gasteiger partial charge in [0.2, 0.25) is 35.4 Å². The lowest BCUT2D eigenvalue weighted by Crippen LogP contribution is -2.59. The molecule has 0 saturated carbocycles. The molecule has 1 saturated heterocycles. The van der Waals surface area contributed by atoms with Crippen LogP contribution < -0.4 is 37.6 Å². The summed E-state index contributed by atoms with van der Waals surface area (Å²) < 4.78 is 0. The summed E-state index contributed by atoms with van der Waals surface area (Å²) >= 11 is 0. The standard InChI is InChI=1S/C43H54N8O6/c1-27(2)21-31-26-47-35(22-28-11-5-3-6-12-28)42(56)49-34(17-18-38(44)52)41(55)51-37(24-30-25-46-33-16-10-9-15-32(30)33)43(57)50-36(23-29-13-7-4-8-14-29)40(54)45-20-19-39(53)48-31/h3-16,25,27,31,34-37,46-47H,17-24,26H2,1-2H3,(H2,44,52)(H,45,54)(H,48,53)(H,49,56)(H,50,57)(H,51,55)/t31-,34-,35-,36-,37-/m0/s1. The molecule has 0 spiro atoms. The number of aromatic amines is 1. The molecule has 0 radical (unpaired) electrons. The molecular weight excluding hydrogens is 725 g/mol. The highest BCUT2D eigenvalue weighted by Gasteiger charge is 2.32. The first kappa shape index (κ1) is 42.1. The van der Waals surface area contributed by atoms with E-state index < -0.39 is 53.7 Å². The second-order valence-corrected chi connectivity index (χ2v) is 15.0. The number of nitrogens with one attached hydrogen (secondary N) is 7. The van der Waals surface area contributed by atoms with Gasteiger partial charge in [0.1, 0.15) is 18.1 Å². The summed E-state index contributed by atoms with van der Waals surface area (Å²) in [5.41, 5.74) is 8.74. The lowest BCUT2D eigenvalue weighted by atomic mass is 10.0. The quantitative estimate of drug-likeness (QED) is 0.113. The molecule has 14 heteroatoms. The van der Waals surface area contributed by atoms with Gasteiger partial charge in [0, 0.05) is 61.9 Å². The Balaban J connectivity index is 1.51. The van der Waals surface area contributed by atoms with Crippen molar-refractivity contribution in [3.8, 4) is 0 Å². The van der Waals surface area contributed by atoms with Crippen molar-refractivity contribution in [2.75, 3.05) is 13.1 Å². The molecular formula is C43H54N8O6. The van der Waals surface area contributed by atoms with E-state index in [0.29, 0.717) is 6.42 Å². The molecule has 57 heavy (non-hydrogen) atoms. The lowest BCUT2D eigenvalue weighted by Gasteiger charge is -2.27. The van der Waals surface area contributed by atoms with Crippen molar-refractivity contribution in [3.05, 3.63) is 108 Å². The normalized spacial score (nSPS) is 21.9. The first-order valence-electron chi connectivity index (χ1n) is 19.6. The van der Waals surface area contributed by atoms with Crippen LogP contribution in [0.2, 0.25) is 0 Å². The summed E-state index contributed by atoms with van der Waals surface area (Å²) in [6, 6.07) is 21.4. The van der Waals surface area contributed by atoms with Crippen LogP contribution in [0, 0.1) is 5.92 Å². The maximum absolute atomic E-state index is 14.3. The maximum atomic E-state index is 14.3. The zero-order chi connectivity index (χ0) is 40.7. The van der Waals surface area contributed by atoms with E-state index in [1.165, 1.54) is 0 Å². The highest BCUT2D eigenvalue weighted by atomic mass is 16.2. The Morgan fingerprint density at radius 1 is 0.684 bits per heavy atom. The van der Waals surface area contributed by atoms with Gasteiger partial charge in [-0.25, -0.2) is 0 Å². The van der Waals surface area contributed by atoms with Crippen molar-refractivity contribution in [1.29, 1.82) is 0 Å². The van der Waals surface area contributed by atoms with Gasteiger partial charge >= 0.3 is 0 Å². The van der Waals surface area contributed by atoms with Crippen LogP contribution in [-0.4, -0.2) is 83.7 Å². The van der Waals surface area contributed by atoms with E-state index in [2.05, 4.69) is 36.9 Å². The summed E-state index contributed by atoms with van der Waals surface area (Å²) in [5, 5.41) is 18.6. The number of fused-ring (bicyclic) bond motifs is 1. The van der Waals surface area contributed by atoms with Crippen LogP contribution in [0.15, 0.2) is 91.1 Å². The third-order valence-corrected chi connectivity index (χ3v) is 9.94. The van der Waals surface area contributed by atoms with E-state index in [0.717, 1.165) is 27.6 Å². The van der Waals surface area contributed by atoms with Gasteiger partial charge in [-0.05, 0) is 47.9 Å². The summed E-state index contributed by atoms with van der Waals surface area (Å²) in [4.78, 5) is 85.0. The van der Waals surface area contributed by atoms with Gasteiger partial charge in [0.25, 0.3) is 0 Å². The van der Waals surface area contributed by atoms with Crippen molar-refractivity contribution >= 4 is 46.3 Å². The average Bonchev–Trinajstić information content (AvgIpc) is 3.59. The molecule has 5 atom stereocenters. The van der Waals surface area contributed by atoms with E-state index in [9.17, 15) is 28.8 Å². The topological polar surface area (TPSA) is 216 Å². The minimum Gasteiger partial charge on any atom is -0.370 e. The number of benzene rings is 3. The molecule has 2 heterocycles. The third-order valence-electron chi connectivity index (χ3n) is 9.94. The molecule has 1 fully saturated rings. The number of carbonyl (C=O) groups is 6. The number of primary amides is 1. The SMILES string of the molecule is CC(C)C[C@H]1CN[C@@H](Cc2ccccc2)C(=O)N[C@@H](CCC(N)=O)C(=O)N[C@@H](Cc2c[nH]c3ccccc23)C(=O)N[C@@H](Cc2ccccc2)C(=O)NCCC(=O)N1. The molecule has 6 amide bonds. The van der Waals surface area contributed by atoms with Crippen molar-refractivity contribution in [2.24, 2.45) is 11.7 Å². The molecule has 0 unspecified atom stereocenters. The van der Waals surface area contributed by atoms with E-state index in [4.69, 9.17) is 5.73 Å². The predicted molar refractivity (Wildman–Crippen MR) is 217 cm³/mol. The molecule has 9 N–H and O–H groups in total. The zero-order valence-corrected chi connectivity index (χ0v) is 32.5. The molecule has 4 aromatic rings. The number of para-hydroxylation sites is 1. The number of carbonyl (C=O) groups excluding carboxylic acids is 6. The fourth-order valence-electron chi connectivity index (χ4n) is 7.04. The molecule has 1 aliphatic heterocycles. The molecule has 0 aliphatic carbocycles. The molecule has 0 bridgehead atoms. The van der Waals surface area contributed by atoms with Crippen LogP contribution in [0.4, 0.5) is 0 Å². The van der Waals surface area contributed by atoms with E-state index >= 15 is 0 Å². The van der Waals surface area contributed by atoms with Gasteiger partial charge in [-0.1, -0.05) is 92.7 Å². The third kappa shape index (κ3) is 13.0. The smallest absolute Gasteiger partial charge is 0.243 e. The van der Waals surface area contributed by atoms with Gasteiger partial charge < -0.3 is 42.6 Å². The number of hydrogen-bond acceptors (Lipinski definition) is 7. The van der Waals surface area contributed by atoms with Crippen molar-refractivity contribution < 1.29 is 28.8 Å². The number of amides is 6. The Hall–Kier alpha value is -6.02. The average molecular weight is 779 g/mol. The van der Waals surface area contributed by atoms with Crippen LogP contribution >= 0.6 is 0 Å². The van der Waals surface area contributed by atoms with Crippen LogP contribution in [0.5, 0.6) is 0 Å². The van der Waals surface area contributed by atoms with Gasteiger partial charge in [-0.15, -0.1) is 0 Å². The van der Waals surface area contributed by atoms with E-state index in [1.54, 1.807) is 6.20 Å². The molecule has 3 aromatic carbocycles. The lowest BCUT2D eigenvalue weighted by molar-refractivity contribution is -0.134. The van der Waals surface area contributed by atoms with E-state index in [1.807, 2.05) is 98.8 Å². The van der Waals surface area contributed by atoms with Gasteiger partial charge in [-0.3, -0.25) is 28.8 Å². The number of H-pyrrole nitrogens is 1. The minimum atomic E-state index is -1.25. The molecule has 1 aromatic heterocycles. The Bertz CT molecular complexity index is 1980. The second kappa shape index (κ2) is 20.8. The van der Waals surface area contributed by atoms with Crippen LogP contribution in [0.1, 0.15) is 56.2 Å². The second-order valence-electron chi connectivity index (χ2n) is 15.0. The Morgan fingerprint density at radius 2 is 1.25 bits per heavy atom. The van der Waals surface area contributed by atoms with Crippen molar-refractivity contribution in [1.82, 2.24) is 36.9 Å². The highest BCUT2D eigenvalue weighted by molar-refractivity contribution is 5.96. The van der Waals surface area contributed by atoms with Gasteiger partial charge in [0.15, 0.2) is 0 Å². The first-order valence-corrected chi connectivity index (χ1v) is 19.6. The van der Waals surface area contributed by atoms with Crippen molar-refractivity contribution in [2.45, 2.75) is 89.0 Å². The number of nitrogens with two attached hydrogens (primary N) is 1. The van der Waals surface area contributed by atoms with Crippen LogP contribution in [-0.2, 0) is 48.0 Å². The maximum Gasteiger partial charge on any atom is 0.243 e. The summed E-state index contributed by atoms with van der Waals surface area (Å²) in [6.07, 6.45) is 2.45. The monoisotopic (exact) mass is 778 g/mol. The zero-order valence-electron chi connectivity index (χ0n) is 32.5. The molecule has 14 nitrogen and oxygen atoms in total. The predicted octanol–water partition coefficient (Wildman–Crippen LogP) is 1.92. The van der Waals surface area contributed by atoms with Crippen LogP contribution in [0.3, 0.4) is 0 Å². The van der Waals surface area contributed by atoms with Gasteiger partial charge in [-0.2, -0.15) is 0 Å². The number of aromatic nitrogens is 1. The largest absolute Gasteiger partial charge is 0.370 e. The first-order chi connectivity index (χ1) is 27.4. The molecule has 1 aliphatic rings.